The van der Waals surface area contributed by atoms with E-state index in [0.29, 0.717) is 19.5 Å². The number of aliphatic carboxylic acids is 1. The van der Waals surface area contributed by atoms with Crippen LogP contribution in [0.15, 0.2) is 0 Å². The molecule has 0 rings (SSSR count). The molecular weight excluding hydrogens is 354 g/mol. The molecule has 0 aliphatic rings. The van der Waals surface area contributed by atoms with Crippen molar-refractivity contribution in [1.82, 2.24) is 4.90 Å². The lowest BCUT2D eigenvalue weighted by molar-refractivity contribution is -0.137. The van der Waals surface area contributed by atoms with E-state index in [1.54, 1.807) is 0 Å². The number of aliphatic hydroxyl groups is 2. The Hall–Kier alpha value is -0.650. The van der Waals surface area contributed by atoms with Crippen molar-refractivity contribution in [3.05, 3.63) is 0 Å². The van der Waals surface area contributed by atoms with Crippen LogP contribution >= 0.6 is 0 Å². The second kappa shape index (κ2) is 26.4. The summed E-state index contributed by atoms with van der Waals surface area (Å²) in [6.45, 7) is 3.88. The minimum absolute atomic E-state index is 0.163. The number of aliphatic hydroxyl groups excluding tert-OH is 2. The average Bonchev–Trinajstić information content (AvgIpc) is 2.65. The summed E-state index contributed by atoms with van der Waals surface area (Å²) in [5.74, 6) is -0.653. The van der Waals surface area contributed by atoms with Crippen LogP contribution in [0.5, 0.6) is 0 Å². The highest BCUT2D eigenvalue weighted by Crippen LogP contribution is 2.13. The Morgan fingerprint density at radius 1 is 0.643 bits per heavy atom. The fraction of sp³-hybridized carbons (Fsp3) is 0.957. The van der Waals surface area contributed by atoms with Gasteiger partial charge in [-0.1, -0.05) is 96.8 Å². The van der Waals surface area contributed by atoms with Gasteiger partial charge in [-0.2, -0.15) is 0 Å². The van der Waals surface area contributed by atoms with Crippen molar-refractivity contribution in [1.29, 1.82) is 0 Å². The summed E-state index contributed by atoms with van der Waals surface area (Å²) in [4.78, 5) is 12.2. The normalized spacial score (nSPS) is 10.8. The lowest BCUT2D eigenvalue weighted by Gasteiger charge is -2.11. The van der Waals surface area contributed by atoms with Crippen LogP contribution in [0, 0.1) is 0 Å². The summed E-state index contributed by atoms with van der Waals surface area (Å²) in [7, 11) is 1.85. The number of carboxylic acid groups (broad SMARTS) is 1. The SMILES string of the molecule is CCCCCCCCCCCCCCCCCC(=O)O.CN(CCO)CCO. The maximum absolute atomic E-state index is 10.3. The molecule has 0 atom stereocenters. The van der Waals surface area contributed by atoms with Crippen molar-refractivity contribution in [2.24, 2.45) is 0 Å². The molecule has 0 saturated heterocycles. The molecule has 0 fully saturated rings. The standard InChI is InChI=1S/C18H36O2.C5H13NO2/c1-2-3-4-5-6-7-8-9-10-11-12-13-14-15-16-17-18(19)20;1-6(2-4-7)3-5-8/h2-17H2,1H3,(H,19,20);7-8H,2-5H2,1H3. The maximum Gasteiger partial charge on any atom is 0.303 e. The van der Waals surface area contributed by atoms with Gasteiger partial charge >= 0.3 is 5.97 Å². The first-order valence-electron chi connectivity index (χ1n) is 11.7. The van der Waals surface area contributed by atoms with Gasteiger partial charge < -0.3 is 20.2 Å². The van der Waals surface area contributed by atoms with Crippen molar-refractivity contribution in [2.75, 3.05) is 33.4 Å². The Bertz CT molecular complexity index is 294. The first kappa shape index (κ1) is 29.6. The van der Waals surface area contributed by atoms with Crippen LogP contribution in [0.25, 0.3) is 0 Å². The second-order valence-electron chi connectivity index (χ2n) is 7.84. The van der Waals surface area contributed by atoms with E-state index in [-0.39, 0.29) is 13.2 Å². The molecule has 0 radical (unpaired) electrons. The zero-order valence-electron chi connectivity index (χ0n) is 18.8. The Labute approximate surface area is 174 Å². The van der Waals surface area contributed by atoms with E-state index in [9.17, 15) is 4.79 Å². The van der Waals surface area contributed by atoms with Crippen LogP contribution < -0.4 is 0 Å². The zero-order valence-corrected chi connectivity index (χ0v) is 18.8. The lowest BCUT2D eigenvalue weighted by Crippen LogP contribution is -2.25. The molecule has 0 aliphatic heterocycles. The van der Waals surface area contributed by atoms with Gasteiger partial charge in [0.15, 0.2) is 0 Å². The van der Waals surface area contributed by atoms with Gasteiger partial charge in [0.2, 0.25) is 0 Å². The van der Waals surface area contributed by atoms with Crippen molar-refractivity contribution >= 4 is 5.97 Å². The number of rotatable bonds is 20. The predicted octanol–water partition coefficient (Wildman–Crippen LogP) is 5.24. The highest BCUT2D eigenvalue weighted by molar-refractivity contribution is 5.66. The van der Waals surface area contributed by atoms with E-state index in [1.165, 1.54) is 83.5 Å². The average molecular weight is 404 g/mol. The van der Waals surface area contributed by atoms with Crippen molar-refractivity contribution in [2.45, 2.75) is 110 Å². The molecule has 0 aliphatic carbocycles. The molecule has 0 aromatic rings. The van der Waals surface area contributed by atoms with Crippen LogP contribution in [-0.4, -0.2) is 59.5 Å². The van der Waals surface area contributed by atoms with Crippen LogP contribution in [0.4, 0.5) is 0 Å². The molecule has 0 saturated carbocycles. The summed E-state index contributed by atoms with van der Waals surface area (Å²) in [6.07, 6.45) is 20.2. The number of unbranched alkanes of at least 4 members (excludes halogenated alkanes) is 14. The molecule has 0 bridgehead atoms. The summed E-state index contributed by atoms with van der Waals surface area (Å²) < 4.78 is 0. The largest absolute Gasteiger partial charge is 0.481 e. The number of likely N-dealkylation sites (N-methyl/N-ethyl adjacent to an activating group) is 1. The van der Waals surface area contributed by atoms with E-state index >= 15 is 0 Å². The third-order valence-corrected chi connectivity index (χ3v) is 4.96. The maximum atomic E-state index is 10.3. The highest BCUT2D eigenvalue weighted by Gasteiger charge is 1.97. The topological polar surface area (TPSA) is 81.0 Å². The van der Waals surface area contributed by atoms with E-state index in [2.05, 4.69) is 6.92 Å². The third kappa shape index (κ3) is 30.1. The van der Waals surface area contributed by atoms with Gasteiger partial charge in [0.05, 0.1) is 13.2 Å². The van der Waals surface area contributed by atoms with Crippen molar-refractivity contribution in [3.8, 4) is 0 Å². The summed E-state index contributed by atoms with van der Waals surface area (Å²) >= 11 is 0. The molecular formula is C23H49NO4. The van der Waals surface area contributed by atoms with Gasteiger partial charge in [-0.3, -0.25) is 4.79 Å². The smallest absolute Gasteiger partial charge is 0.303 e. The van der Waals surface area contributed by atoms with E-state index in [0.717, 1.165) is 12.8 Å². The molecule has 0 amide bonds. The molecule has 28 heavy (non-hydrogen) atoms. The van der Waals surface area contributed by atoms with Gasteiger partial charge in [0.25, 0.3) is 0 Å². The third-order valence-electron chi connectivity index (χ3n) is 4.96. The Morgan fingerprint density at radius 3 is 1.25 bits per heavy atom. The fourth-order valence-electron chi connectivity index (χ4n) is 3.10. The van der Waals surface area contributed by atoms with Gasteiger partial charge in [-0.05, 0) is 13.5 Å². The molecule has 0 aromatic heterocycles. The van der Waals surface area contributed by atoms with Crippen molar-refractivity contribution < 1.29 is 20.1 Å². The van der Waals surface area contributed by atoms with E-state index in [4.69, 9.17) is 15.3 Å². The fourth-order valence-corrected chi connectivity index (χ4v) is 3.10. The van der Waals surface area contributed by atoms with Gasteiger partial charge in [-0.15, -0.1) is 0 Å². The zero-order chi connectivity index (χ0) is 21.3. The number of carboxylic acids is 1. The molecule has 170 valence electrons. The number of hydrogen-bond acceptors (Lipinski definition) is 4. The summed E-state index contributed by atoms with van der Waals surface area (Å²) in [5, 5.41) is 25.2. The number of nitrogens with zero attached hydrogens (tertiary/aromatic N) is 1. The quantitative estimate of drug-likeness (QED) is 0.242. The highest BCUT2D eigenvalue weighted by atomic mass is 16.4. The first-order valence-corrected chi connectivity index (χ1v) is 11.7. The molecule has 0 heterocycles. The van der Waals surface area contributed by atoms with Gasteiger partial charge in [0.1, 0.15) is 0 Å². The Kier molecular flexibility index (Phi) is 27.8. The van der Waals surface area contributed by atoms with E-state index < -0.39 is 5.97 Å². The monoisotopic (exact) mass is 403 g/mol. The number of hydrogen-bond donors (Lipinski definition) is 3. The minimum atomic E-state index is -0.653. The Balaban J connectivity index is 0. The van der Waals surface area contributed by atoms with Crippen molar-refractivity contribution in [3.63, 3.8) is 0 Å². The minimum Gasteiger partial charge on any atom is -0.481 e. The van der Waals surface area contributed by atoms with Crippen LogP contribution in [0.2, 0.25) is 0 Å². The van der Waals surface area contributed by atoms with Gasteiger partial charge in [-0.25, -0.2) is 0 Å². The summed E-state index contributed by atoms with van der Waals surface area (Å²) in [6, 6.07) is 0. The van der Waals surface area contributed by atoms with Crippen LogP contribution in [0.3, 0.4) is 0 Å². The lowest BCUT2D eigenvalue weighted by atomic mass is 10.0. The Morgan fingerprint density at radius 2 is 0.964 bits per heavy atom. The predicted molar refractivity (Wildman–Crippen MR) is 119 cm³/mol. The van der Waals surface area contributed by atoms with E-state index in [1.807, 2.05) is 11.9 Å². The van der Waals surface area contributed by atoms with Crippen LogP contribution in [0.1, 0.15) is 110 Å². The first-order chi connectivity index (χ1) is 13.6. The summed E-state index contributed by atoms with van der Waals surface area (Å²) in [5.41, 5.74) is 0. The molecule has 5 heteroatoms. The second-order valence-corrected chi connectivity index (χ2v) is 7.84. The molecule has 0 aromatic carbocycles. The van der Waals surface area contributed by atoms with Crippen LogP contribution in [-0.2, 0) is 4.79 Å². The molecule has 5 nitrogen and oxygen atoms in total. The number of carbonyl (C=O) groups is 1. The van der Waals surface area contributed by atoms with Gasteiger partial charge in [0, 0.05) is 19.5 Å². The molecule has 0 spiro atoms. The molecule has 0 unspecified atom stereocenters. The molecule has 3 N–H and O–H groups in total.